The Bertz CT molecular complexity index is 809. The molecule has 0 saturated heterocycles. The second-order valence-electron chi connectivity index (χ2n) is 8.44. The molecule has 0 saturated carbocycles. The Kier molecular flexibility index (Phi) is 11.8. The first kappa shape index (κ1) is 25.9. The second kappa shape index (κ2) is 14.6. The number of benzene rings is 2. The van der Waals surface area contributed by atoms with Gasteiger partial charge in [0.15, 0.2) is 0 Å². The fraction of sp³-hybridized carbons (Fsp3) is 0.519. The first-order valence-electron chi connectivity index (χ1n) is 12.0. The van der Waals surface area contributed by atoms with Crippen LogP contribution in [0.5, 0.6) is 5.75 Å². The van der Waals surface area contributed by atoms with Crippen molar-refractivity contribution in [3.8, 4) is 5.75 Å². The highest BCUT2D eigenvalue weighted by Crippen LogP contribution is 2.16. The van der Waals surface area contributed by atoms with Gasteiger partial charge in [-0.2, -0.15) is 0 Å². The van der Waals surface area contributed by atoms with Gasteiger partial charge >= 0.3 is 0 Å². The number of hydrogen-bond acceptors (Lipinski definition) is 4. The van der Waals surface area contributed by atoms with Crippen LogP contribution in [0.25, 0.3) is 0 Å². The van der Waals surface area contributed by atoms with Crippen LogP contribution in [0.1, 0.15) is 63.1 Å². The van der Waals surface area contributed by atoms with Crippen molar-refractivity contribution in [2.24, 2.45) is 0 Å². The number of carbonyl (C=O) groups is 1. The summed E-state index contributed by atoms with van der Waals surface area (Å²) in [5.41, 5.74) is 3.52. The standard InChI is InChI=1S/C27H40N2O3/c1-4-6-7-8-15-32-25-14-10-12-23(17-25)18-26(29-21(3)30)27(31)20-28-19-24-13-9-11-22(5-2)16-24/h9-14,16-17,26-28,31H,4-8,15,18-20H2,1-3H3,(H,29,30)/t26-,27-/m0/s1. The lowest BCUT2D eigenvalue weighted by atomic mass is 10.0. The summed E-state index contributed by atoms with van der Waals surface area (Å²) in [6.45, 7) is 7.61. The van der Waals surface area contributed by atoms with Crippen molar-refractivity contribution in [3.05, 3.63) is 65.2 Å². The summed E-state index contributed by atoms with van der Waals surface area (Å²) >= 11 is 0. The molecule has 0 bridgehead atoms. The predicted molar refractivity (Wildman–Crippen MR) is 131 cm³/mol. The second-order valence-corrected chi connectivity index (χ2v) is 8.44. The van der Waals surface area contributed by atoms with Crippen LogP contribution >= 0.6 is 0 Å². The Morgan fingerprint density at radius 1 is 1.00 bits per heavy atom. The largest absolute Gasteiger partial charge is 0.494 e. The summed E-state index contributed by atoms with van der Waals surface area (Å²) in [5, 5.41) is 17.0. The van der Waals surface area contributed by atoms with Gasteiger partial charge in [0.2, 0.25) is 5.91 Å². The van der Waals surface area contributed by atoms with E-state index in [9.17, 15) is 9.90 Å². The zero-order valence-corrected chi connectivity index (χ0v) is 19.9. The molecule has 5 heteroatoms. The minimum absolute atomic E-state index is 0.145. The predicted octanol–water partition coefficient (Wildman–Crippen LogP) is 4.41. The molecule has 0 aliphatic carbocycles. The van der Waals surface area contributed by atoms with Gasteiger partial charge in [-0.3, -0.25) is 4.79 Å². The van der Waals surface area contributed by atoms with E-state index in [0.29, 0.717) is 26.1 Å². The van der Waals surface area contributed by atoms with E-state index in [1.807, 2.05) is 24.3 Å². The molecular formula is C27H40N2O3. The summed E-state index contributed by atoms with van der Waals surface area (Å²) in [7, 11) is 0. The Labute approximate surface area is 193 Å². The average Bonchev–Trinajstić information content (AvgIpc) is 2.78. The van der Waals surface area contributed by atoms with E-state index in [4.69, 9.17) is 4.74 Å². The van der Waals surface area contributed by atoms with Crippen LogP contribution in [-0.2, 0) is 24.2 Å². The Hall–Kier alpha value is -2.37. The molecule has 5 nitrogen and oxygen atoms in total. The third kappa shape index (κ3) is 9.84. The molecule has 176 valence electrons. The Morgan fingerprint density at radius 3 is 2.50 bits per heavy atom. The van der Waals surface area contributed by atoms with Crippen LogP contribution in [-0.4, -0.2) is 36.3 Å². The molecule has 2 aromatic carbocycles. The highest BCUT2D eigenvalue weighted by molar-refractivity contribution is 5.73. The molecule has 32 heavy (non-hydrogen) atoms. The Morgan fingerprint density at radius 2 is 1.75 bits per heavy atom. The molecule has 0 unspecified atom stereocenters. The molecule has 0 aromatic heterocycles. The molecule has 1 amide bonds. The number of rotatable bonds is 15. The molecular weight excluding hydrogens is 400 g/mol. The lowest BCUT2D eigenvalue weighted by Crippen LogP contribution is -2.48. The van der Waals surface area contributed by atoms with E-state index in [-0.39, 0.29) is 11.9 Å². The van der Waals surface area contributed by atoms with Crippen LogP contribution in [0.2, 0.25) is 0 Å². The minimum Gasteiger partial charge on any atom is -0.494 e. The Balaban J connectivity index is 1.89. The van der Waals surface area contributed by atoms with Gasteiger partial charge in [-0.1, -0.05) is 69.5 Å². The van der Waals surface area contributed by atoms with Crippen molar-refractivity contribution in [2.75, 3.05) is 13.2 Å². The van der Waals surface area contributed by atoms with Crippen molar-refractivity contribution < 1.29 is 14.6 Å². The number of aliphatic hydroxyl groups is 1. The molecule has 0 spiro atoms. The summed E-state index contributed by atoms with van der Waals surface area (Å²) in [6, 6.07) is 16.0. The fourth-order valence-corrected chi connectivity index (χ4v) is 3.75. The summed E-state index contributed by atoms with van der Waals surface area (Å²) in [4.78, 5) is 11.7. The minimum atomic E-state index is -0.702. The van der Waals surface area contributed by atoms with Gasteiger partial charge in [0, 0.05) is 20.0 Å². The monoisotopic (exact) mass is 440 g/mol. The van der Waals surface area contributed by atoms with E-state index >= 15 is 0 Å². The summed E-state index contributed by atoms with van der Waals surface area (Å²) < 4.78 is 5.89. The number of hydrogen-bond donors (Lipinski definition) is 3. The van der Waals surface area contributed by atoms with Gasteiger partial charge < -0.3 is 20.5 Å². The highest BCUT2D eigenvalue weighted by atomic mass is 16.5. The average molecular weight is 441 g/mol. The van der Waals surface area contributed by atoms with Crippen molar-refractivity contribution in [3.63, 3.8) is 0 Å². The normalized spacial score (nSPS) is 12.9. The topological polar surface area (TPSA) is 70.6 Å². The third-order valence-electron chi connectivity index (χ3n) is 5.56. The number of unbranched alkanes of at least 4 members (excludes halogenated alkanes) is 3. The first-order chi connectivity index (χ1) is 15.5. The van der Waals surface area contributed by atoms with Gasteiger partial charge in [-0.25, -0.2) is 0 Å². The maximum absolute atomic E-state index is 11.7. The molecule has 0 aliphatic rings. The van der Waals surface area contributed by atoms with E-state index in [2.05, 4.69) is 48.7 Å². The number of nitrogens with one attached hydrogen (secondary N) is 2. The number of carbonyl (C=O) groups excluding carboxylic acids is 1. The summed E-state index contributed by atoms with van der Waals surface area (Å²) in [6.07, 6.45) is 5.52. The SMILES string of the molecule is CCCCCCOc1cccc(C[C@H](NC(C)=O)[C@@H](O)CNCc2cccc(CC)c2)c1. The smallest absolute Gasteiger partial charge is 0.217 e. The highest BCUT2D eigenvalue weighted by Gasteiger charge is 2.20. The van der Waals surface area contributed by atoms with Gasteiger partial charge in [-0.15, -0.1) is 0 Å². The molecule has 0 radical (unpaired) electrons. The number of ether oxygens (including phenoxy) is 1. The van der Waals surface area contributed by atoms with Crippen molar-refractivity contribution in [2.45, 2.75) is 78.0 Å². The van der Waals surface area contributed by atoms with Gasteiger partial charge in [0.1, 0.15) is 5.75 Å². The molecule has 2 rings (SSSR count). The molecule has 0 aliphatic heterocycles. The molecule has 3 N–H and O–H groups in total. The molecule has 0 heterocycles. The molecule has 2 atom stereocenters. The van der Waals surface area contributed by atoms with Crippen LogP contribution < -0.4 is 15.4 Å². The van der Waals surface area contributed by atoms with Gasteiger partial charge in [0.25, 0.3) is 0 Å². The third-order valence-corrected chi connectivity index (χ3v) is 5.56. The van der Waals surface area contributed by atoms with Crippen molar-refractivity contribution in [1.82, 2.24) is 10.6 Å². The van der Waals surface area contributed by atoms with Gasteiger partial charge in [-0.05, 0) is 48.1 Å². The number of aliphatic hydroxyl groups excluding tert-OH is 1. The molecule has 0 fully saturated rings. The zero-order valence-electron chi connectivity index (χ0n) is 19.9. The number of amides is 1. The van der Waals surface area contributed by atoms with Crippen molar-refractivity contribution in [1.29, 1.82) is 0 Å². The zero-order chi connectivity index (χ0) is 23.2. The van der Waals surface area contributed by atoms with E-state index in [1.165, 1.54) is 37.3 Å². The van der Waals surface area contributed by atoms with E-state index in [0.717, 1.165) is 24.2 Å². The van der Waals surface area contributed by atoms with Crippen LogP contribution in [0, 0.1) is 0 Å². The van der Waals surface area contributed by atoms with Crippen LogP contribution in [0.4, 0.5) is 0 Å². The van der Waals surface area contributed by atoms with E-state index in [1.54, 1.807) is 0 Å². The maximum atomic E-state index is 11.7. The lowest BCUT2D eigenvalue weighted by Gasteiger charge is -2.24. The quantitative estimate of drug-likeness (QED) is 0.359. The number of aryl methyl sites for hydroxylation is 1. The van der Waals surface area contributed by atoms with Crippen LogP contribution in [0.15, 0.2) is 48.5 Å². The van der Waals surface area contributed by atoms with E-state index < -0.39 is 6.10 Å². The fourth-order valence-electron chi connectivity index (χ4n) is 3.75. The first-order valence-corrected chi connectivity index (χ1v) is 12.0. The van der Waals surface area contributed by atoms with Crippen LogP contribution in [0.3, 0.4) is 0 Å². The van der Waals surface area contributed by atoms with Crippen molar-refractivity contribution >= 4 is 5.91 Å². The summed E-state index contributed by atoms with van der Waals surface area (Å²) in [5.74, 6) is 0.692. The molecule has 2 aromatic rings. The van der Waals surface area contributed by atoms with Gasteiger partial charge in [0.05, 0.1) is 18.8 Å². The maximum Gasteiger partial charge on any atom is 0.217 e. The lowest BCUT2D eigenvalue weighted by molar-refractivity contribution is -0.120.